The van der Waals surface area contributed by atoms with E-state index < -0.39 is 36.0 Å². The topological polar surface area (TPSA) is 77.1 Å². The fraction of sp³-hybridized carbons (Fsp3) is 0.185. The number of hydrogen-bond donors (Lipinski definition) is 1. The van der Waals surface area contributed by atoms with E-state index in [1.54, 1.807) is 18.2 Å². The number of nitrogens with zero attached hydrogens (tertiary/aromatic N) is 1. The minimum absolute atomic E-state index is 0.0442. The van der Waals surface area contributed by atoms with E-state index in [2.05, 4.69) is 32.6 Å². The van der Waals surface area contributed by atoms with Crippen LogP contribution < -0.4 is 10.1 Å². The molecule has 0 radical (unpaired) electrons. The van der Waals surface area contributed by atoms with Crippen LogP contribution in [-0.4, -0.2) is 35.9 Å². The normalized spacial score (nSPS) is 17.9. The summed E-state index contributed by atoms with van der Waals surface area (Å²) in [5.41, 5.74) is 1.79. The average molecular weight is 636 g/mol. The summed E-state index contributed by atoms with van der Waals surface area (Å²) < 4.78 is 54.0. The number of rotatable bonds is 6. The van der Waals surface area contributed by atoms with Gasteiger partial charge in [-0.25, -0.2) is 0 Å². The molecular formula is C27H20F3IN2O5. The standard InChI is InChI=1S/C27H20F3IN2O5/c28-27(29,30)38-19-9-6-17(7-10-19)24-25(34)32-21-11-8-18(31)13-20(21)26(35)33(24)22(23-14-36-15-37-23)12-16-4-2-1-3-5-16/h1-11,13-14,22,24H,12,15H2,(H,32,34). The molecule has 1 N–H and O–H groups in total. The number of benzene rings is 3. The Balaban J connectivity index is 1.63. The molecule has 196 valence electrons. The van der Waals surface area contributed by atoms with E-state index in [1.807, 2.05) is 30.3 Å². The second-order valence-corrected chi connectivity index (χ2v) is 9.81. The maximum Gasteiger partial charge on any atom is 0.573 e. The smallest absolute Gasteiger partial charge is 0.462 e. The summed E-state index contributed by atoms with van der Waals surface area (Å²) in [7, 11) is 0. The van der Waals surface area contributed by atoms with E-state index in [0.717, 1.165) is 21.3 Å². The number of ether oxygens (including phenoxy) is 3. The van der Waals surface area contributed by atoms with Gasteiger partial charge in [-0.3, -0.25) is 9.59 Å². The van der Waals surface area contributed by atoms with Gasteiger partial charge in [-0.15, -0.1) is 13.2 Å². The number of hydrogen-bond acceptors (Lipinski definition) is 5. The number of carbonyl (C=O) groups excluding carboxylic acids is 2. The average Bonchev–Trinajstić information content (AvgIpc) is 3.39. The molecule has 0 saturated carbocycles. The highest BCUT2D eigenvalue weighted by atomic mass is 127. The van der Waals surface area contributed by atoms with Gasteiger partial charge in [0.15, 0.2) is 5.76 Å². The quantitative estimate of drug-likeness (QED) is 0.348. The molecule has 2 atom stereocenters. The predicted molar refractivity (Wildman–Crippen MR) is 139 cm³/mol. The highest BCUT2D eigenvalue weighted by Gasteiger charge is 2.43. The maximum atomic E-state index is 14.2. The van der Waals surface area contributed by atoms with Crippen LogP contribution in [0.25, 0.3) is 0 Å². The molecule has 38 heavy (non-hydrogen) atoms. The van der Waals surface area contributed by atoms with Crippen LogP contribution in [0.2, 0.25) is 0 Å². The highest BCUT2D eigenvalue weighted by molar-refractivity contribution is 14.1. The minimum atomic E-state index is -4.87. The van der Waals surface area contributed by atoms with Crippen LogP contribution in [0.4, 0.5) is 18.9 Å². The Morgan fingerprint density at radius 2 is 1.79 bits per heavy atom. The lowest BCUT2D eigenvalue weighted by Crippen LogP contribution is -2.47. The van der Waals surface area contributed by atoms with Crippen molar-refractivity contribution in [1.29, 1.82) is 0 Å². The molecule has 2 unspecified atom stereocenters. The number of anilines is 1. The molecule has 0 aliphatic carbocycles. The number of amides is 2. The van der Waals surface area contributed by atoms with Gasteiger partial charge in [0.1, 0.15) is 18.1 Å². The van der Waals surface area contributed by atoms with Gasteiger partial charge in [-0.2, -0.15) is 0 Å². The molecule has 2 aliphatic heterocycles. The lowest BCUT2D eigenvalue weighted by atomic mass is 9.96. The zero-order valence-electron chi connectivity index (χ0n) is 19.6. The number of carbonyl (C=O) groups is 2. The Morgan fingerprint density at radius 1 is 1.05 bits per heavy atom. The molecule has 0 spiro atoms. The summed E-state index contributed by atoms with van der Waals surface area (Å²) in [6, 6.07) is 17.4. The van der Waals surface area contributed by atoms with Crippen molar-refractivity contribution in [2.24, 2.45) is 0 Å². The summed E-state index contributed by atoms with van der Waals surface area (Å²) in [5, 5.41) is 2.81. The van der Waals surface area contributed by atoms with Crippen molar-refractivity contribution < 1.29 is 37.0 Å². The Bertz CT molecular complexity index is 1380. The third kappa shape index (κ3) is 5.57. The molecule has 0 saturated heterocycles. The fourth-order valence-electron chi connectivity index (χ4n) is 4.47. The van der Waals surface area contributed by atoms with Crippen molar-refractivity contribution in [1.82, 2.24) is 4.90 Å². The van der Waals surface area contributed by atoms with Crippen molar-refractivity contribution in [3.05, 3.63) is 105 Å². The molecule has 11 heteroatoms. The molecule has 3 aromatic rings. The van der Waals surface area contributed by atoms with Gasteiger partial charge < -0.3 is 24.4 Å². The number of halogens is 4. The summed E-state index contributed by atoms with van der Waals surface area (Å²) in [4.78, 5) is 29.3. The molecule has 0 bridgehead atoms. The molecule has 2 aliphatic rings. The SMILES string of the molecule is O=C1Nc2ccc(I)cc2C(=O)N(C(Cc2ccccc2)C2=COCO2)C1c1ccc(OC(F)(F)F)cc1. The third-order valence-corrected chi connectivity index (χ3v) is 6.76. The fourth-order valence-corrected chi connectivity index (χ4v) is 4.96. The Kier molecular flexibility index (Phi) is 7.19. The van der Waals surface area contributed by atoms with Crippen molar-refractivity contribution in [2.45, 2.75) is 24.9 Å². The van der Waals surface area contributed by atoms with Gasteiger partial charge in [0.2, 0.25) is 6.79 Å². The largest absolute Gasteiger partial charge is 0.573 e. The molecule has 0 aromatic heterocycles. The van der Waals surface area contributed by atoms with Crippen LogP contribution in [0.5, 0.6) is 5.75 Å². The van der Waals surface area contributed by atoms with Crippen molar-refractivity contribution >= 4 is 40.1 Å². The van der Waals surface area contributed by atoms with E-state index in [1.165, 1.54) is 23.3 Å². The maximum absolute atomic E-state index is 14.2. The minimum Gasteiger partial charge on any atom is -0.462 e. The van der Waals surface area contributed by atoms with Gasteiger partial charge in [0, 0.05) is 9.99 Å². The van der Waals surface area contributed by atoms with Crippen LogP contribution in [0, 0.1) is 3.57 Å². The Morgan fingerprint density at radius 3 is 2.45 bits per heavy atom. The lowest BCUT2D eigenvalue weighted by Gasteiger charge is -2.36. The van der Waals surface area contributed by atoms with Gasteiger partial charge in [-0.05, 0) is 64.0 Å². The number of fused-ring (bicyclic) bond motifs is 1. The monoisotopic (exact) mass is 636 g/mol. The first kappa shape index (κ1) is 25.9. The second-order valence-electron chi connectivity index (χ2n) is 8.57. The van der Waals surface area contributed by atoms with Crippen LogP contribution in [0.15, 0.2) is 84.8 Å². The molecular weight excluding hydrogens is 616 g/mol. The van der Waals surface area contributed by atoms with Crippen LogP contribution in [0.3, 0.4) is 0 Å². The van der Waals surface area contributed by atoms with Gasteiger partial charge in [0.05, 0.1) is 17.3 Å². The van der Waals surface area contributed by atoms with E-state index in [0.29, 0.717) is 23.4 Å². The van der Waals surface area contributed by atoms with E-state index in [9.17, 15) is 22.8 Å². The third-order valence-electron chi connectivity index (χ3n) is 6.09. The Labute approximate surface area is 229 Å². The molecule has 0 fully saturated rings. The van der Waals surface area contributed by atoms with Crippen LogP contribution in [0.1, 0.15) is 27.5 Å². The van der Waals surface area contributed by atoms with E-state index >= 15 is 0 Å². The second kappa shape index (κ2) is 10.6. The van der Waals surface area contributed by atoms with Crippen LogP contribution in [-0.2, 0) is 20.7 Å². The highest BCUT2D eigenvalue weighted by Crippen LogP contribution is 2.37. The molecule has 2 heterocycles. The zero-order chi connectivity index (χ0) is 26.9. The van der Waals surface area contributed by atoms with Gasteiger partial charge in [0.25, 0.3) is 11.8 Å². The van der Waals surface area contributed by atoms with Crippen LogP contribution >= 0.6 is 22.6 Å². The predicted octanol–water partition coefficient (Wildman–Crippen LogP) is 5.78. The number of nitrogens with one attached hydrogen (secondary N) is 1. The van der Waals surface area contributed by atoms with Crippen molar-refractivity contribution in [3.63, 3.8) is 0 Å². The first-order valence-corrected chi connectivity index (χ1v) is 12.5. The summed E-state index contributed by atoms with van der Waals surface area (Å²) in [6.07, 6.45) is -3.16. The van der Waals surface area contributed by atoms with E-state index in [4.69, 9.17) is 9.47 Å². The Hall–Kier alpha value is -3.74. The van der Waals surface area contributed by atoms with Gasteiger partial charge >= 0.3 is 6.36 Å². The molecule has 7 nitrogen and oxygen atoms in total. The lowest BCUT2D eigenvalue weighted by molar-refractivity contribution is -0.274. The van der Waals surface area contributed by atoms with Crippen molar-refractivity contribution in [2.75, 3.05) is 12.1 Å². The van der Waals surface area contributed by atoms with Crippen molar-refractivity contribution in [3.8, 4) is 5.75 Å². The molecule has 5 rings (SSSR count). The summed E-state index contributed by atoms with van der Waals surface area (Å²) >= 11 is 2.08. The molecule has 2 amide bonds. The number of alkyl halides is 3. The summed E-state index contributed by atoms with van der Waals surface area (Å²) in [5.74, 6) is -1.07. The van der Waals surface area contributed by atoms with Gasteiger partial charge in [-0.1, -0.05) is 42.5 Å². The first-order valence-electron chi connectivity index (χ1n) is 11.5. The summed E-state index contributed by atoms with van der Waals surface area (Å²) in [6.45, 7) is -0.0442. The zero-order valence-corrected chi connectivity index (χ0v) is 21.7. The first-order chi connectivity index (χ1) is 18.2. The molecule has 3 aromatic carbocycles. The van der Waals surface area contributed by atoms with E-state index in [-0.39, 0.29) is 12.4 Å².